The molecule has 2 aliphatic heterocycles. The number of amidine groups is 1. The summed E-state index contributed by atoms with van der Waals surface area (Å²) >= 11 is 6.05. The lowest BCUT2D eigenvalue weighted by Gasteiger charge is -2.21. The number of fused-ring (bicyclic) bond motifs is 1. The maximum absolute atomic E-state index is 13.2. The Morgan fingerprint density at radius 1 is 1.46 bits per heavy atom. The molecule has 9 heteroatoms. The summed E-state index contributed by atoms with van der Waals surface area (Å²) in [6.07, 6.45) is -7.65. The number of aliphatic hydroxyl groups is 1. The number of aliphatic imine (C=N–C) groups is 1. The monoisotopic (exact) mass is 359 g/mol. The molecule has 2 saturated heterocycles. The second kappa shape index (κ2) is 5.83. The van der Waals surface area contributed by atoms with Crippen LogP contribution >= 0.6 is 11.6 Å². The van der Waals surface area contributed by atoms with E-state index in [0.717, 1.165) is 0 Å². The summed E-state index contributed by atoms with van der Waals surface area (Å²) in [6, 6.07) is 3.48. The highest BCUT2D eigenvalue weighted by Crippen LogP contribution is 2.39. The van der Waals surface area contributed by atoms with Gasteiger partial charge in [0.2, 0.25) is 6.10 Å². The van der Waals surface area contributed by atoms with E-state index in [-0.39, 0.29) is 29.6 Å². The van der Waals surface area contributed by atoms with E-state index in [1.807, 2.05) is 6.07 Å². The number of nitriles is 1. The molecule has 0 aliphatic carbocycles. The normalized spacial score (nSPS) is 28.0. The van der Waals surface area contributed by atoms with E-state index in [9.17, 15) is 18.3 Å². The van der Waals surface area contributed by atoms with E-state index < -0.39 is 24.4 Å². The molecule has 3 rings (SSSR count). The zero-order valence-corrected chi connectivity index (χ0v) is 13.3. The molecule has 0 aromatic heterocycles. The van der Waals surface area contributed by atoms with Crippen molar-refractivity contribution in [2.24, 2.45) is 4.99 Å². The Bertz CT molecular complexity index is 745. The fourth-order valence-corrected chi connectivity index (χ4v) is 3.18. The van der Waals surface area contributed by atoms with E-state index in [1.165, 1.54) is 17.0 Å². The SMILES string of the molecule is Cc1c(/N=C2\O[C@H](C(F)(F)F)[C@@H]3[C@@H](O)CCN23)ccc(C#N)c1Cl. The van der Waals surface area contributed by atoms with Crippen LogP contribution in [0, 0.1) is 18.3 Å². The first kappa shape index (κ1) is 16.9. The van der Waals surface area contributed by atoms with Crippen LogP contribution in [-0.2, 0) is 4.74 Å². The van der Waals surface area contributed by atoms with Gasteiger partial charge in [-0.1, -0.05) is 11.6 Å². The minimum absolute atomic E-state index is 0.192. The minimum atomic E-state index is -4.61. The molecule has 24 heavy (non-hydrogen) atoms. The first-order valence-electron chi connectivity index (χ1n) is 7.20. The molecule has 128 valence electrons. The fraction of sp³-hybridized carbons (Fsp3) is 0.467. The van der Waals surface area contributed by atoms with Crippen LogP contribution < -0.4 is 0 Å². The third-order valence-corrected chi connectivity index (χ3v) is 4.71. The summed E-state index contributed by atoms with van der Waals surface area (Å²) in [7, 11) is 0. The summed E-state index contributed by atoms with van der Waals surface area (Å²) in [4.78, 5) is 5.48. The highest BCUT2D eigenvalue weighted by Gasteiger charge is 2.59. The molecule has 5 nitrogen and oxygen atoms in total. The average Bonchev–Trinajstić information content (AvgIpc) is 3.06. The number of rotatable bonds is 1. The molecule has 0 saturated carbocycles. The molecule has 0 amide bonds. The largest absolute Gasteiger partial charge is 0.450 e. The predicted octanol–water partition coefficient (Wildman–Crippen LogP) is 2.90. The predicted molar refractivity (Wildman–Crippen MR) is 80.0 cm³/mol. The van der Waals surface area contributed by atoms with Crippen LogP contribution in [0.4, 0.5) is 18.9 Å². The standard InChI is InChI=1S/C15H13ClF3N3O2/c1-7-9(3-2-8(6-20)11(7)16)21-14-22-5-4-10(23)12(22)13(24-14)15(17,18)19/h2-3,10,12-13,23H,4-5H2,1H3/b21-14-/t10-,12-,13-/m0/s1. The molecular weight excluding hydrogens is 347 g/mol. The smallest absolute Gasteiger partial charge is 0.427 e. The van der Waals surface area contributed by atoms with Crippen molar-refractivity contribution >= 4 is 23.3 Å². The summed E-state index contributed by atoms with van der Waals surface area (Å²) in [5.41, 5.74) is 1.05. The van der Waals surface area contributed by atoms with Crippen LogP contribution in [0.25, 0.3) is 0 Å². The number of nitrogens with zero attached hydrogens (tertiary/aromatic N) is 3. The summed E-state index contributed by atoms with van der Waals surface area (Å²) < 4.78 is 44.5. The third kappa shape index (κ3) is 2.68. The van der Waals surface area contributed by atoms with Crippen molar-refractivity contribution < 1.29 is 23.0 Å². The topological polar surface area (TPSA) is 68.8 Å². The number of ether oxygens (including phenoxy) is 1. The van der Waals surface area contributed by atoms with Gasteiger partial charge in [0.1, 0.15) is 12.1 Å². The van der Waals surface area contributed by atoms with E-state index >= 15 is 0 Å². The Labute approximate surface area is 140 Å². The van der Waals surface area contributed by atoms with E-state index in [2.05, 4.69) is 4.99 Å². The quantitative estimate of drug-likeness (QED) is 0.837. The van der Waals surface area contributed by atoms with Crippen LogP contribution in [0.2, 0.25) is 5.02 Å². The van der Waals surface area contributed by atoms with Gasteiger partial charge in [-0.2, -0.15) is 23.4 Å². The van der Waals surface area contributed by atoms with Crippen LogP contribution in [0.1, 0.15) is 17.5 Å². The van der Waals surface area contributed by atoms with E-state index in [0.29, 0.717) is 11.3 Å². The molecule has 0 bridgehead atoms. The van der Waals surface area contributed by atoms with Crippen molar-refractivity contribution in [3.05, 3.63) is 28.3 Å². The van der Waals surface area contributed by atoms with Gasteiger partial charge in [0.05, 0.1) is 22.4 Å². The molecule has 1 aromatic rings. The molecule has 3 atom stereocenters. The summed E-state index contributed by atoms with van der Waals surface area (Å²) in [6.45, 7) is 1.84. The Hall–Kier alpha value is -1.98. The van der Waals surface area contributed by atoms with Crippen molar-refractivity contribution in [1.82, 2.24) is 4.90 Å². The van der Waals surface area contributed by atoms with E-state index in [4.69, 9.17) is 21.6 Å². The number of aliphatic hydroxyl groups excluding tert-OH is 1. The van der Waals surface area contributed by atoms with E-state index in [1.54, 1.807) is 6.92 Å². The van der Waals surface area contributed by atoms with Crippen molar-refractivity contribution in [3.8, 4) is 6.07 Å². The number of benzene rings is 1. The average molecular weight is 360 g/mol. The fourth-order valence-electron chi connectivity index (χ4n) is 2.97. The first-order valence-corrected chi connectivity index (χ1v) is 7.58. The Morgan fingerprint density at radius 3 is 2.79 bits per heavy atom. The van der Waals surface area contributed by atoms with Crippen molar-refractivity contribution in [1.29, 1.82) is 5.26 Å². The Kier molecular flexibility index (Phi) is 4.10. The molecule has 2 aliphatic rings. The lowest BCUT2D eigenvalue weighted by Crippen LogP contribution is -2.45. The van der Waals surface area contributed by atoms with Gasteiger partial charge in [-0.3, -0.25) is 0 Å². The summed E-state index contributed by atoms with van der Waals surface area (Å²) in [5.74, 6) is 0. The van der Waals surface area contributed by atoms with Gasteiger partial charge in [0.25, 0.3) is 6.02 Å². The second-order valence-electron chi connectivity index (χ2n) is 5.70. The number of hydrogen-bond donors (Lipinski definition) is 1. The molecule has 2 heterocycles. The number of halogens is 4. The Morgan fingerprint density at radius 2 is 2.17 bits per heavy atom. The highest BCUT2D eigenvalue weighted by atomic mass is 35.5. The molecule has 2 fully saturated rings. The molecule has 0 spiro atoms. The van der Waals surface area contributed by atoms with Gasteiger partial charge in [-0.15, -0.1) is 0 Å². The van der Waals surface area contributed by atoms with Gasteiger partial charge in [-0.05, 0) is 31.0 Å². The maximum Gasteiger partial charge on any atom is 0.427 e. The Balaban J connectivity index is 2.00. The van der Waals surface area contributed by atoms with Crippen molar-refractivity contribution in [2.45, 2.75) is 37.8 Å². The van der Waals surface area contributed by atoms with Crippen LogP contribution in [0.15, 0.2) is 17.1 Å². The molecular formula is C15H13ClF3N3O2. The van der Waals surface area contributed by atoms with Gasteiger partial charge in [0, 0.05) is 6.54 Å². The number of hydrogen-bond acceptors (Lipinski definition) is 4. The molecule has 1 N–H and O–H groups in total. The van der Waals surface area contributed by atoms with Gasteiger partial charge < -0.3 is 14.7 Å². The van der Waals surface area contributed by atoms with Crippen LogP contribution in [-0.4, -0.2) is 47.0 Å². The maximum atomic E-state index is 13.2. The lowest BCUT2D eigenvalue weighted by atomic mass is 10.1. The zero-order valence-electron chi connectivity index (χ0n) is 12.5. The van der Waals surface area contributed by atoms with Crippen molar-refractivity contribution in [3.63, 3.8) is 0 Å². The van der Waals surface area contributed by atoms with Gasteiger partial charge >= 0.3 is 6.18 Å². The molecule has 1 aromatic carbocycles. The third-order valence-electron chi connectivity index (χ3n) is 4.23. The minimum Gasteiger partial charge on any atom is -0.450 e. The molecule has 0 unspecified atom stereocenters. The highest BCUT2D eigenvalue weighted by molar-refractivity contribution is 6.32. The van der Waals surface area contributed by atoms with Crippen LogP contribution in [0.3, 0.4) is 0 Å². The number of alkyl halides is 3. The van der Waals surface area contributed by atoms with Gasteiger partial charge in [0.15, 0.2) is 0 Å². The molecule has 0 radical (unpaired) electrons. The second-order valence-corrected chi connectivity index (χ2v) is 6.08. The van der Waals surface area contributed by atoms with Crippen molar-refractivity contribution in [2.75, 3.05) is 6.54 Å². The lowest BCUT2D eigenvalue weighted by molar-refractivity contribution is -0.203. The summed E-state index contributed by atoms with van der Waals surface area (Å²) in [5, 5.41) is 19.0. The van der Waals surface area contributed by atoms with Crippen LogP contribution in [0.5, 0.6) is 0 Å². The zero-order chi connectivity index (χ0) is 17.6. The van der Waals surface area contributed by atoms with Gasteiger partial charge in [-0.25, -0.2) is 0 Å². The first-order chi connectivity index (χ1) is 11.2.